The molecule has 8 heteroatoms. The number of ether oxygens (including phenoxy) is 1. The van der Waals surface area contributed by atoms with Gasteiger partial charge in [-0.25, -0.2) is 4.98 Å². The summed E-state index contributed by atoms with van der Waals surface area (Å²) < 4.78 is 42.6. The minimum Gasteiger partial charge on any atom is -0.437 e. The first-order chi connectivity index (χ1) is 8.88. The summed E-state index contributed by atoms with van der Waals surface area (Å²) in [5.74, 6) is -0.359. The van der Waals surface area contributed by atoms with Gasteiger partial charge >= 0.3 is 6.18 Å². The Morgan fingerprint density at radius 2 is 2.05 bits per heavy atom. The molecule has 0 saturated heterocycles. The van der Waals surface area contributed by atoms with Gasteiger partial charge in [-0.3, -0.25) is 4.79 Å². The van der Waals surface area contributed by atoms with Crippen molar-refractivity contribution in [2.75, 3.05) is 5.73 Å². The van der Waals surface area contributed by atoms with Crippen LogP contribution in [0.2, 0.25) is 0 Å². The number of hydrogen-bond donors (Lipinski definition) is 2. The molecule has 19 heavy (non-hydrogen) atoms. The van der Waals surface area contributed by atoms with Gasteiger partial charge in [-0.2, -0.15) is 13.2 Å². The molecule has 2 aromatic rings. The molecular weight excluding hydrogens is 263 g/mol. The Hall–Kier alpha value is -2.51. The van der Waals surface area contributed by atoms with Gasteiger partial charge in [0.15, 0.2) is 5.69 Å². The van der Waals surface area contributed by atoms with Crippen LogP contribution in [0.1, 0.15) is 5.56 Å². The fraction of sp³-hybridized carbons (Fsp3) is 0.0909. The van der Waals surface area contributed by atoms with Gasteiger partial charge in [-0.05, 0) is 18.2 Å². The number of benzene rings is 1. The van der Waals surface area contributed by atoms with E-state index in [2.05, 4.69) is 9.97 Å². The number of nitrogens with one attached hydrogen (secondary N) is 1. The molecule has 1 heterocycles. The Labute approximate surface area is 104 Å². The average molecular weight is 271 g/mol. The van der Waals surface area contributed by atoms with Crippen LogP contribution in [0.15, 0.2) is 35.4 Å². The van der Waals surface area contributed by atoms with Crippen LogP contribution in [0.4, 0.5) is 18.9 Å². The summed E-state index contributed by atoms with van der Waals surface area (Å²) in [5, 5.41) is 0. The third kappa shape index (κ3) is 2.84. The standard InChI is InChI=1S/C11H8F3N3O2/c12-11(13,14)6-2-1-3-7(4-6)19-10-8(15)9(18)16-5-17-10/h1-5H,15H2,(H,16,17,18). The van der Waals surface area contributed by atoms with E-state index in [-0.39, 0.29) is 17.3 Å². The number of rotatable bonds is 2. The number of halogens is 3. The van der Waals surface area contributed by atoms with E-state index in [1.165, 1.54) is 12.1 Å². The van der Waals surface area contributed by atoms with Gasteiger partial charge < -0.3 is 15.5 Å². The summed E-state index contributed by atoms with van der Waals surface area (Å²) in [7, 11) is 0. The molecule has 0 spiro atoms. The lowest BCUT2D eigenvalue weighted by atomic mass is 10.2. The highest BCUT2D eigenvalue weighted by molar-refractivity contribution is 5.47. The van der Waals surface area contributed by atoms with Gasteiger partial charge in [-0.1, -0.05) is 6.07 Å². The lowest BCUT2D eigenvalue weighted by molar-refractivity contribution is -0.137. The lowest BCUT2D eigenvalue weighted by Gasteiger charge is -2.09. The minimum absolute atomic E-state index is 0.111. The van der Waals surface area contributed by atoms with Crippen LogP contribution < -0.4 is 16.0 Å². The number of alkyl halides is 3. The molecule has 0 bridgehead atoms. The van der Waals surface area contributed by atoms with Gasteiger partial charge in [0.2, 0.25) is 5.88 Å². The van der Waals surface area contributed by atoms with Crippen molar-refractivity contribution in [2.45, 2.75) is 6.18 Å². The summed E-state index contributed by atoms with van der Waals surface area (Å²) in [4.78, 5) is 17.0. The smallest absolute Gasteiger partial charge is 0.416 e. The van der Waals surface area contributed by atoms with Crippen LogP contribution in [0.3, 0.4) is 0 Å². The Morgan fingerprint density at radius 3 is 2.74 bits per heavy atom. The monoisotopic (exact) mass is 271 g/mol. The van der Waals surface area contributed by atoms with Crippen molar-refractivity contribution >= 4 is 5.69 Å². The third-order valence-electron chi connectivity index (χ3n) is 2.23. The van der Waals surface area contributed by atoms with E-state index in [1.807, 2.05) is 0 Å². The Balaban J connectivity index is 2.34. The van der Waals surface area contributed by atoms with Crippen LogP contribution in [0, 0.1) is 0 Å². The molecule has 0 aliphatic carbocycles. The first-order valence-electron chi connectivity index (χ1n) is 5.06. The van der Waals surface area contributed by atoms with Gasteiger partial charge in [0.25, 0.3) is 5.56 Å². The maximum Gasteiger partial charge on any atom is 0.416 e. The van der Waals surface area contributed by atoms with E-state index >= 15 is 0 Å². The van der Waals surface area contributed by atoms with Gasteiger partial charge in [0, 0.05) is 0 Å². The van der Waals surface area contributed by atoms with Crippen LogP contribution in [0.25, 0.3) is 0 Å². The Morgan fingerprint density at radius 1 is 1.32 bits per heavy atom. The highest BCUT2D eigenvalue weighted by Gasteiger charge is 2.30. The van der Waals surface area contributed by atoms with Crippen molar-refractivity contribution in [1.82, 2.24) is 9.97 Å². The average Bonchev–Trinajstić information content (AvgIpc) is 2.34. The number of H-pyrrole nitrogens is 1. The number of aromatic nitrogens is 2. The topological polar surface area (TPSA) is 81.0 Å². The van der Waals surface area contributed by atoms with Crippen molar-refractivity contribution in [1.29, 1.82) is 0 Å². The molecule has 0 atom stereocenters. The van der Waals surface area contributed by atoms with E-state index < -0.39 is 17.3 Å². The molecular formula is C11H8F3N3O2. The molecule has 0 fully saturated rings. The zero-order chi connectivity index (χ0) is 14.0. The zero-order valence-electron chi connectivity index (χ0n) is 9.36. The second-order valence-electron chi connectivity index (χ2n) is 3.58. The number of nitrogens with zero attached hydrogens (tertiary/aromatic N) is 1. The molecule has 0 aliphatic heterocycles. The normalized spacial score (nSPS) is 11.3. The highest BCUT2D eigenvalue weighted by atomic mass is 19.4. The molecule has 0 aliphatic rings. The lowest BCUT2D eigenvalue weighted by Crippen LogP contribution is -2.13. The molecule has 1 aromatic heterocycles. The molecule has 0 unspecified atom stereocenters. The van der Waals surface area contributed by atoms with Gasteiger partial charge in [0.1, 0.15) is 5.75 Å². The quantitative estimate of drug-likeness (QED) is 0.877. The maximum atomic E-state index is 12.5. The summed E-state index contributed by atoms with van der Waals surface area (Å²) in [5.41, 5.74) is 3.60. The van der Waals surface area contributed by atoms with Gasteiger partial charge in [-0.15, -0.1) is 0 Å². The number of hydrogen-bond acceptors (Lipinski definition) is 4. The Kier molecular flexibility index (Phi) is 3.16. The van der Waals surface area contributed by atoms with Crippen molar-refractivity contribution in [3.63, 3.8) is 0 Å². The summed E-state index contributed by atoms with van der Waals surface area (Å²) in [6.07, 6.45) is -3.44. The van der Waals surface area contributed by atoms with Crippen molar-refractivity contribution in [3.8, 4) is 11.6 Å². The number of aromatic amines is 1. The van der Waals surface area contributed by atoms with Crippen LogP contribution in [-0.4, -0.2) is 9.97 Å². The fourth-order valence-corrected chi connectivity index (χ4v) is 1.32. The number of nitrogens with two attached hydrogens (primary N) is 1. The first-order valence-corrected chi connectivity index (χ1v) is 5.06. The highest BCUT2D eigenvalue weighted by Crippen LogP contribution is 2.32. The van der Waals surface area contributed by atoms with Gasteiger partial charge in [0.05, 0.1) is 11.9 Å². The second kappa shape index (κ2) is 4.63. The van der Waals surface area contributed by atoms with Crippen LogP contribution in [0.5, 0.6) is 11.6 Å². The SMILES string of the molecule is Nc1c(Oc2cccc(C(F)(F)F)c2)nc[nH]c1=O. The Bertz CT molecular complexity index is 652. The molecule has 0 radical (unpaired) electrons. The summed E-state index contributed by atoms with van der Waals surface area (Å²) in [6, 6.07) is 4.18. The summed E-state index contributed by atoms with van der Waals surface area (Å²) in [6.45, 7) is 0. The van der Waals surface area contributed by atoms with E-state index in [0.717, 1.165) is 18.5 Å². The number of anilines is 1. The molecule has 0 saturated carbocycles. The van der Waals surface area contributed by atoms with Crippen molar-refractivity contribution in [3.05, 3.63) is 46.5 Å². The van der Waals surface area contributed by atoms with E-state index in [0.29, 0.717) is 0 Å². The number of nitrogen functional groups attached to an aromatic ring is 1. The van der Waals surface area contributed by atoms with Crippen LogP contribution >= 0.6 is 0 Å². The van der Waals surface area contributed by atoms with Crippen molar-refractivity contribution < 1.29 is 17.9 Å². The molecule has 0 amide bonds. The third-order valence-corrected chi connectivity index (χ3v) is 2.23. The molecule has 3 N–H and O–H groups in total. The van der Waals surface area contributed by atoms with E-state index in [9.17, 15) is 18.0 Å². The fourth-order valence-electron chi connectivity index (χ4n) is 1.32. The largest absolute Gasteiger partial charge is 0.437 e. The molecule has 100 valence electrons. The van der Waals surface area contributed by atoms with E-state index in [4.69, 9.17) is 10.5 Å². The van der Waals surface area contributed by atoms with Crippen LogP contribution in [-0.2, 0) is 6.18 Å². The van der Waals surface area contributed by atoms with E-state index in [1.54, 1.807) is 0 Å². The zero-order valence-corrected chi connectivity index (χ0v) is 9.36. The second-order valence-corrected chi connectivity index (χ2v) is 3.58. The summed E-state index contributed by atoms with van der Waals surface area (Å²) >= 11 is 0. The predicted octanol–water partition coefficient (Wildman–Crippen LogP) is 2.16. The molecule has 2 rings (SSSR count). The van der Waals surface area contributed by atoms with Crippen molar-refractivity contribution in [2.24, 2.45) is 0 Å². The molecule has 1 aromatic carbocycles. The maximum absolute atomic E-state index is 12.5. The first kappa shape index (κ1) is 12.9. The minimum atomic E-state index is -4.48. The molecule has 5 nitrogen and oxygen atoms in total. The predicted molar refractivity (Wildman–Crippen MR) is 60.8 cm³/mol.